The molecular weight excluding hydrogens is 428 g/mol. The predicted octanol–water partition coefficient (Wildman–Crippen LogP) is 2.95. The molecule has 1 aromatic heterocycles. The molecule has 4 rings (SSSR count). The van der Waals surface area contributed by atoms with Crippen LogP contribution in [0.25, 0.3) is 5.69 Å². The van der Waals surface area contributed by atoms with Gasteiger partial charge in [0.2, 0.25) is 11.8 Å². The maximum absolute atomic E-state index is 12.8. The van der Waals surface area contributed by atoms with Gasteiger partial charge in [0.1, 0.15) is 23.1 Å². The molecule has 0 radical (unpaired) electrons. The van der Waals surface area contributed by atoms with Crippen molar-refractivity contribution in [3.63, 3.8) is 0 Å². The molecular formula is C23H24N4O4S. The maximum Gasteiger partial charge on any atom is 0.240 e. The zero-order valence-electron chi connectivity index (χ0n) is 18.1. The molecule has 0 aliphatic carbocycles. The molecule has 32 heavy (non-hydrogen) atoms. The third-order valence-corrected chi connectivity index (χ3v) is 6.19. The number of nitrogens with one attached hydrogen (secondary N) is 1. The first kappa shape index (κ1) is 21.8. The Bertz CT molecular complexity index is 1150. The number of rotatable bonds is 7. The van der Waals surface area contributed by atoms with Crippen molar-refractivity contribution in [2.45, 2.75) is 18.5 Å². The Morgan fingerprint density at radius 1 is 1.16 bits per heavy atom. The summed E-state index contributed by atoms with van der Waals surface area (Å²) in [6.45, 7) is 2.02. The van der Waals surface area contributed by atoms with Crippen molar-refractivity contribution in [3.8, 4) is 17.2 Å². The van der Waals surface area contributed by atoms with Gasteiger partial charge in [0.05, 0.1) is 37.0 Å². The number of anilines is 1. The van der Waals surface area contributed by atoms with Gasteiger partial charge in [-0.05, 0) is 37.3 Å². The number of thioether (sulfide) groups is 1. The zero-order valence-corrected chi connectivity index (χ0v) is 18.9. The molecule has 0 fully saturated rings. The van der Waals surface area contributed by atoms with E-state index in [-0.39, 0.29) is 30.7 Å². The number of methoxy groups -OCH3 is 2. The van der Waals surface area contributed by atoms with Crippen LogP contribution in [0.15, 0.2) is 53.6 Å². The number of aromatic nitrogens is 2. The number of benzene rings is 2. The zero-order chi connectivity index (χ0) is 22.7. The van der Waals surface area contributed by atoms with Gasteiger partial charge in [0, 0.05) is 12.1 Å². The van der Waals surface area contributed by atoms with E-state index in [4.69, 9.17) is 9.47 Å². The summed E-state index contributed by atoms with van der Waals surface area (Å²) in [5.74, 6) is 1.19. The van der Waals surface area contributed by atoms with Gasteiger partial charge < -0.3 is 14.8 Å². The van der Waals surface area contributed by atoms with E-state index < -0.39 is 0 Å². The second kappa shape index (κ2) is 9.35. The van der Waals surface area contributed by atoms with Crippen LogP contribution in [0.4, 0.5) is 5.69 Å². The normalized spacial score (nSPS) is 13.0. The fraction of sp³-hybridized carbons (Fsp3) is 0.261. The summed E-state index contributed by atoms with van der Waals surface area (Å²) in [5, 5.41) is 8.37. The second-order valence-electron chi connectivity index (χ2n) is 7.21. The molecule has 9 heteroatoms. The Morgan fingerprint density at radius 2 is 1.94 bits per heavy atom. The number of nitrogens with zero attached hydrogens (tertiary/aromatic N) is 3. The number of fused-ring (bicyclic) bond motifs is 1. The number of para-hydroxylation sites is 1. The number of aryl methyl sites for hydroxylation is 1. The molecule has 0 saturated carbocycles. The Labute approximate surface area is 190 Å². The van der Waals surface area contributed by atoms with Gasteiger partial charge in [-0.25, -0.2) is 4.68 Å². The van der Waals surface area contributed by atoms with Crippen molar-refractivity contribution in [1.82, 2.24) is 15.1 Å². The number of carbonyl (C=O) groups is 2. The van der Waals surface area contributed by atoms with Crippen molar-refractivity contribution in [2.75, 3.05) is 31.4 Å². The molecule has 2 heterocycles. The average molecular weight is 453 g/mol. The van der Waals surface area contributed by atoms with E-state index >= 15 is 0 Å². The molecule has 1 aliphatic rings. The number of hydrogen-bond donors (Lipinski definition) is 1. The molecule has 1 N–H and O–H groups in total. The van der Waals surface area contributed by atoms with Crippen LogP contribution in [0.5, 0.6) is 11.5 Å². The first-order valence-corrected chi connectivity index (χ1v) is 11.1. The Morgan fingerprint density at radius 3 is 2.66 bits per heavy atom. The van der Waals surface area contributed by atoms with E-state index in [0.717, 1.165) is 16.3 Å². The first-order chi connectivity index (χ1) is 15.5. The molecule has 3 aromatic rings. The van der Waals surface area contributed by atoms with Crippen molar-refractivity contribution >= 4 is 29.3 Å². The number of ether oxygens (including phenoxy) is 2. The van der Waals surface area contributed by atoms with Crippen molar-refractivity contribution in [3.05, 3.63) is 59.8 Å². The molecule has 2 aromatic carbocycles. The lowest BCUT2D eigenvalue weighted by Crippen LogP contribution is -2.43. The van der Waals surface area contributed by atoms with Crippen molar-refractivity contribution in [2.24, 2.45) is 0 Å². The van der Waals surface area contributed by atoms with Gasteiger partial charge in [-0.3, -0.25) is 14.5 Å². The molecule has 8 nitrogen and oxygen atoms in total. The van der Waals surface area contributed by atoms with Crippen LogP contribution >= 0.6 is 11.8 Å². The molecule has 1 aliphatic heterocycles. The highest BCUT2D eigenvalue weighted by atomic mass is 32.2. The lowest BCUT2D eigenvalue weighted by molar-refractivity contribution is -0.123. The fourth-order valence-electron chi connectivity index (χ4n) is 3.60. The summed E-state index contributed by atoms with van der Waals surface area (Å²) in [4.78, 5) is 27.0. The van der Waals surface area contributed by atoms with Crippen molar-refractivity contribution < 1.29 is 19.1 Å². The summed E-state index contributed by atoms with van der Waals surface area (Å²) < 4.78 is 12.4. The standard InChI is InChI=1S/C23H24N4O4S/c1-15-22-23(27(25-15)17-7-5-4-6-8-17)32-14-21(29)26(22)13-20(28)24-12-16-11-18(30-2)9-10-19(16)31-3/h4-11H,12-14H2,1-3H3,(H,24,28). The minimum Gasteiger partial charge on any atom is -0.497 e. The van der Waals surface area contributed by atoms with E-state index in [1.807, 2.05) is 48.0 Å². The largest absolute Gasteiger partial charge is 0.497 e. The monoisotopic (exact) mass is 452 g/mol. The second-order valence-corrected chi connectivity index (χ2v) is 8.17. The van der Waals surface area contributed by atoms with Crippen LogP contribution in [0.2, 0.25) is 0 Å². The number of carbonyl (C=O) groups excluding carboxylic acids is 2. The fourth-order valence-corrected chi connectivity index (χ4v) is 4.67. The highest BCUT2D eigenvalue weighted by Gasteiger charge is 2.32. The quantitative estimate of drug-likeness (QED) is 0.593. The summed E-state index contributed by atoms with van der Waals surface area (Å²) >= 11 is 1.44. The van der Waals surface area contributed by atoms with Crippen LogP contribution in [-0.2, 0) is 16.1 Å². The lowest BCUT2D eigenvalue weighted by atomic mass is 10.2. The molecule has 0 saturated heterocycles. The minimum atomic E-state index is -0.270. The molecule has 2 amide bonds. The topological polar surface area (TPSA) is 85.7 Å². The Balaban J connectivity index is 1.53. The highest BCUT2D eigenvalue weighted by Crippen LogP contribution is 2.39. The SMILES string of the molecule is COc1ccc(OC)c(CNC(=O)CN2C(=O)CSc3c2c(C)nn3-c2ccccc2)c1. The predicted molar refractivity (Wildman–Crippen MR) is 123 cm³/mol. The minimum absolute atomic E-state index is 0.0833. The third-order valence-electron chi connectivity index (χ3n) is 5.16. The van der Waals surface area contributed by atoms with Gasteiger partial charge in [0.15, 0.2) is 0 Å². The van der Waals surface area contributed by atoms with Crippen LogP contribution in [0, 0.1) is 6.92 Å². The average Bonchev–Trinajstić information content (AvgIpc) is 3.16. The van der Waals surface area contributed by atoms with Crippen LogP contribution < -0.4 is 19.7 Å². The maximum atomic E-state index is 12.8. The molecule has 0 unspecified atom stereocenters. The van der Waals surface area contributed by atoms with Gasteiger partial charge in [-0.1, -0.05) is 30.0 Å². The summed E-state index contributed by atoms with van der Waals surface area (Å²) in [7, 11) is 3.16. The van der Waals surface area contributed by atoms with Crippen LogP contribution in [0.1, 0.15) is 11.3 Å². The summed E-state index contributed by atoms with van der Waals surface area (Å²) in [5.41, 5.74) is 3.08. The van der Waals surface area contributed by atoms with Gasteiger partial charge >= 0.3 is 0 Å². The summed E-state index contributed by atoms with van der Waals surface area (Å²) in [6.07, 6.45) is 0. The van der Waals surface area contributed by atoms with E-state index in [0.29, 0.717) is 22.9 Å². The Kier molecular flexibility index (Phi) is 6.36. The van der Waals surface area contributed by atoms with Crippen LogP contribution in [-0.4, -0.2) is 48.1 Å². The molecule has 0 atom stereocenters. The number of hydrogen-bond acceptors (Lipinski definition) is 6. The highest BCUT2D eigenvalue weighted by molar-refractivity contribution is 8.00. The lowest BCUT2D eigenvalue weighted by Gasteiger charge is -2.27. The van der Waals surface area contributed by atoms with E-state index in [1.165, 1.54) is 16.7 Å². The third kappa shape index (κ3) is 4.29. The molecule has 0 bridgehead atoms. The smallest absolute Gasteiger partial charge is 0.240 e. The van der Waals surface area contributed by atoms with E-state index in [1.54, 1.807) is 26.4 Å². The molecule has 166 valence electrons. The van der Waals surface area contributed by atoms with E-state index in [2.05, 4.69) is 10.4 Å². The number of amides is 2. The van der Waals surface area contributed by atoms with E-state index in [9.17, 15) is 9.59 Å². The Hall–Kier alpha value is -3.46. The summed E-state index contributed by atoms with van der Waals surface area (Å²) in [6, 6.07) is 15.1. The van der Waals surface area contributed by atoms with Gasteiger partial charge in [-0.15, -0.1) is 0 Å². The van der Waals surface area contributed by atoms with Crippen molar-refractivity contribution in [1.29, 1.82) is 0 Å². The first-order valence-electron chi connectivity index (χ1n) is 10.1. The van der Waals surface area contributed by atoms with Gasteiger partial charge in [0.25, 0.3) is 0 Å². The van der Waals surface area contributed by atoms with Crippen LogP contribution in [0.3, 0.4) is 0 Å². The molecule has 0 spiro atoms. The van der Waals surface area contributed by atoms with Gasteiger partial charge in [-0.2, -0.15) is 5.10 Å².